The third-order valence-electron chi connectivity index (χ3n) is 5.27. The summed E-state index contributed by atoms with van der Waals surface area (Å²) >= 11 is 0. The Labute approximate surface area is 119 Å². The second-order valence-electron chi connectivity index (χ2n) is 6.46. The van der Waals surface area contributed by atoms with Gasteiger partial charge in [-0.05, 0) is 44.9 Å². The molecule has 1 aromatic heterocycles. The van der Waals surface area contributed by atoms with Crippen molar-refractivity contribution < 1.29 is 0 Å². The average molecular weight is 271 g/mol. The Bertz CT molecular complexity index is 609. The van der Waals surface area contributed by atoms with Gasteiger partial charge in [-0.15, -0.1) is 0 Å². The molecule has 3 aliphatic rings. The number of fused-ring (bicyclic) bond motifs is 2. The maximum Gasteiger partial charge on any atom is 0.255 e. The van der Waals surface area contributed by atoms with E-state index < -0.39 is 0 Å². The highest BCUT2D eigenvalue weighted by Gasteiger charge is 2.40. The number of nitrogens with zero attached hydrogens (tertiary/aromatic N) is 3. The van der Waals surface area contributed by atoms with Crippen LogP contribution in [0.3, 0.4) is 0 Å². The summed E-state index contributed by atoms with van der Waals surface area (Å²) in [6.45, 7) is 0. The molecule has 1 aromatic rings. The highest BCUT2D eigenvalue weighted by Crippen LogP contribution is 2.44. The van der Waals surface area contributed by atoms with Crippen LogP contribution in [-0.2, 0) is 7.05 Å². The minimum Gasteiger partial charge on any atom is -0.350 e. The molecule has 1 saturated carbocycles. The van der Waals surface area contributed by atoms with Gasteiger partial charge in [-0.2, -0.15) is 0 Å². The zero-order chi connectivity index (χ0) is 13.7. The first-order valence-electron chi connectivity index (χ1n) is 7.73. The fourth-order valence-electron chi connectivity index (χ4n) is 3.98. The number of hydrogen-bond acceptors (Lipinski definition) is 3. The molecule has 3 heterocycles. The lowest BCUT2D eigenvalue weighted by molar-refractivity contribution is 0.517. The summed E-state index contributed by atoms with van der Waals surface area (Å²) in [5.41, 5.74) is 3.50. The Kier molecular flexibility index (Phi) is 2.72. The number of allylic oxidation sites excluding steroid dienone is 1. The summed E-state index contributed by atoms with van der Waals surface area (Å²) in [7, 11) is 1.75. The highest BCUT2D eigenvalue weighted by molar-refractivity contribution is 5.45. The largest absolute Gasteiger partial charge is 0.350 e. The summed E-state index contributed by atoms with van der Waals surface area (Å²) in [6.07, 6.45) is 10.6. The van der Waals surface area contributed by atoms with Crippen molar-refractivity contribution in [3.05, 3.63) is 33.9 Å². The van der Waals surface area contributed by atoms with Crippen molar-refractivity contribution in [2.75, 3.05) is 4.90 Å². The van der Waals surface area contributed by atoms with Crippen molar-refractivity contribution in [2.24, 2.45) is 7.05 Å². The van der Waals surface area contributed by atoms with E-state index in [4.69, 9.17) is 0 Å². The molecule has 4 nitrogen and oxygen atoms in total. The van der Waals surface area contributed by atoms with Gasteiger partial charge in [0.2, 0.25) is 0 Å². The first-order valence-corrected chi connectivity index (χ1v) is 7.73. The zero-order valence-corrected chi connectivity index (χ0v) is 12.0. The molecule has 20 heavy (non-hydrogen) atoms. The lowest BCUT2D eigenvalue weighted by Crippen LogP contribution is -2.42. The lowest BCUT2D eigenvalue weighted by atomic mass is 9.82. The third-order valence-corrected chi connectivity index (χ3v) is 5.27. The van der Waals surface area contributed by atoms with E-state index in [2.05, 4.69) is 9.88 Å². The Morgan fingerprint density at radius 3 is 2.40 bits per heavy atom. The summed E-state index contributed by atoms with van der Waals surface area (Å²) < 4.78 is 1.54. The monoisotopic (exact) mass is 271 g/mol. The third kappa shape index (κ3) is 1.81. The molecule has 2 saturated heterocycles. The molecular formula is C16H21N3O. The lowest BCUT2D eigenvalue weighted by Gasteiger charge is -2.39. The minimum absolute atomic E-state index is 0.0394. The van der Waals surface area contributed by atoms with Gasteiger partial charge in [0.25, 0.3) is 5.56 Å². The molecule has 2 bridgehead atoms. The second kappa shape index (κ2) is 4.47. The standard InChI is InChI=1S/C16H21N3O/c1-18-10-17-15(9-16(18)20)19-13-5-6-14(19)8-12(7-13)11-3-2-4-11/h9-10,13-14H,2-8H2,1H3. The van der Waals surface area contributed by atoms with Crippen LogP contribution >= 0.6 is 0 Å². The molecule has 0 radical (unpaired) electrons. The van der Waals surface area contributed by atoms with Crippen molar-refractivity contribution in [1.29, 1.82) is 0 Å². The first kappa shape index (κ1) is 12.2. The van der Waals surface area contributed by atoms with Crippen molar-refractivity contribution >= 4 is 5.82 Å². The smallest absolute Gasteiger partial charge is 0.255 e. The first-order chi connectivity index (χ1) is 9.72. The summed E-state index contributed by atoms with van der Waals surface area (Å²) in [4.78, 5) is 18.7. The molecule has 106 valence electrons. The predicted molar refractivity (Wildman–Crippen MR) is 78.9 cm³/mol. The van der Waals surface area contributed by atoms with E-state index in [0.717, 1.165) is 5.82 Å². The van der Waals surface area contributed by atoms with Crippen LogP contribution in [0, 0.1) is 0 Å². The number of aromatic nitrogens is 2. The Morgan fingerprint density at radius 1 is 1.15 bits per heavy atom. The van der Waals surface area contributed by atoms with Crippen LogP contribution in [0.2, 0.25) is 0 Å². The van der Waals surface area contributed by atoms with Gasteiger partial charge in [-0.25, -0.2) is 4.98 Å². The number of anilines is 1. The van der Waals surface area contributed by atoms with Crippen LogP contribution in [0.5, 0.6) is 0 Å². The Hall–Kier alpha value is -1.58. The second-order valence-corrected chi connectivity index (χ2v) is 6.46. The predicted octanol–water partition coefficient (Wildman–Crippen LogP) is 2.39. The molecule has 2 aliphatic heterocycles. The Morgan fingerprint density at radius 2 is 1.85 bits per heavy atom. The highest BCUT2D eigenvalue weighted by atomic mass is 16.1. The van der Waals surface area contributed by atoms with Crippen LogP contribution in [0.4, 0.5) is 5.82 Å². The van der Waals surface area contributed by atoms with Gasteiger partial charge in [0.15, 0.2) is 0 Å². The van der Waals surface area contributed by atoms with E-state index in [0.29, 0.717) is 12.1 Å². The molecule has 2 atom stereocenters. The van der Waals surface area contributed by atoms with Gasteiger partial charge < -0.3 is 9.47 Å². The molecular weight excluding hydrogens is 250 g/mol. The van der Waals surface area contributed by atoms with Gasteiger partial charge in [-0.1, -0.05) is 11.1 Å². The molecule has 0 N–H and O–H groups in total. The Balaban J connectivity index is 1.64. The van der Waals surface area contributed by atoms with Crippen LogP contribution in [0.15, 0.2) is 28.3 Å². The quantitative estimate of drug-likeness (QED) is 0.736. The molecule has 1 aliphatic carbocycles. The SMILES string of the molecule is Cn1cnc(N2C3CCC2CC(=C2CCC2)C3)cc1=O. The molecule has 2 unspecified atom stereocenters. The maximum absolute atomic E-state index is 11.8. The van der Waals surface area contributed by atoms with Crippen LogP contribution < -0.4 is 10.5 Å². The zero-order valence-electron chi connectivity index (χ0n) is 12.0. The fourth-order valence-corrected chi connectivity index (χ4v) is 3.98. The number of rotatable bonds is 1. The van der Waals surface area contributed by atoms with Crippen molar-refractivity contribution in [3.8, 4) is 0 Å². The summed E-state index contributed by atoms with van der Waals surface area (Å²) in [5.74, 6) is 0.887. The van der Waals surface area contributed by atoms with Gasteiger partial charge >= 0.3 is 0 Å². The normalized spacial score (nSPS) is 28.8. The van der Waals surface area contributed by atoms with E-state index >= 15 is 0 Å². The van der Waals surface area contributed by atoms with Gasteiger partial charge in [-0.3, -0.25) is 4.79 Å². The van der Waals surface area contributed by atoms with Gasteiger partial charge in [0.05, 0.1) is 6.33 Å². The van der Waals surface area contributed by atoms with Crippen LogP contribution in [0.1, 0.15) is 44.9 Å². The molecule has 4 rings (SSSR count). The van der Waals surface area contributed by atoms with Gasteiger partial charge in [0.1, 0.15) is 5.82 Å². The number of piperidine rings is 1. The van der Waals surface area contributed by atoms with Crippen LogP contribution in [-0.4, -0.2) is 21.6 Å². The van der Waals surface area contributed by atoms with E-state index in [1.807, 2.05) is 0 Å². The molecule has 0 amide bonds. The van der Waals surface area contributed by atoms with E-state index in [9.17, 15) is 4.79 Å². The topological polar surface area (TPSA) is 38.1 Å². The molecule has 3 fully saturated rings. The van der Waals surface area contributed by atoms with E-state index in [1.54, 1.807) is 30.6 Å². The number of aryl methyl sites for hydroxylation is 1. The fraction of sp³-hybridized carbons (Fsp3) is 0.625. The number of hydrogen-bond donors (Lipinski definition) is 0. The van der Waals surface area contributed by atoms with Crippen molar-refractivity contribution in [2.45, 2.75) is 57.0 Å². The molecule has 0 spiro atoms. The van der Waals surface area contributed by atoms with Crippen LogP contribution in [0.25, 0.3) is 0 Å². The average Bonchev–Trinajstić information content (AvgIpc) is 2.63. The maximum atomic E-state index is 11.8. The van der Waals surface area contributed by atoms with E-state index in [-0.39, 0.29) is 5.56 Å². The van der Waals surface area contributed by atoms with Gasteiger partial charge in [0, 0.05) is 25.2 Å². The van der Waals surface area contributed by atoms with E-state index in [1.165, 1.54) is 49.5 Å². The van der Waals surface area contributed by atoms with Crippen molar-refractivity contribution in [1.82, 2.24) is 9.55 Å². The molecule has 4 heteroatoms. The summed E-state index contributed by atoms with van der Waals surface area (Å²) in [6, 6.07) is 2.83. The minimum atomic E-state index is 0.0394. The molecule has 0 aromatic carbocycles. The summed E-state index contributed by atoms with van der Waals surface area (Å²) in [5, 5.41) is 0. The van der Waals surface area contributed by atoms with Crippen molar-refractivity contribution in [3.63, 3.8) is 0 Å².